The van der Waals surface area contributed by atoms with Gasteiger partial charge in [0, 0.05) is 11.5 Å². The van der Waals surface area contributed by atoms with Crippen LogP contribution < -0.4 is 15.6 Å². The molecule has 0 spiro atoms. The maximum atomic E-state index is 12.2. The molecule has 1 aromatic carbocycles. The fourth-order valence-electron chi connectivity index (χ4n) is 2.74. The van der Waals surface area contributed by atoms with Crippen LogP contribution in [-0.2, 0) is 4.79 Å². The van der Waals surface area contributed by atoms with Crippen LogP contribution in [0.1, 0.15) is 62.2 Å². The predicted octanol–water partition coefficient (Wildman–Crippen LogP) is 3.97. The van der Waals surface area contributed by atoms with E-state index in [4.69, 9.17) is 4.74 Å². The van der Waals surface area contributed by atoms with Crippen LogP contribution in [0.15, 0.2) is 22.7 Å². The van der Waals surface area contributed by atoms with Gasteiger partial charge in [-0.15, -0.1) is 0 Å². The third-order valence-electron chi connectivity index (χ3n) is 4.22. The molecule has 2 rings (SSSR count). The Morgan fingerprint density at radius 1 is 1.21 bits per heavy atom. The summed E-state index contributed by atoms with van der Waals surface area (Å²) in [6.07, 6.45) is 7.21. The number of halogens is 1. The molecule has 0 aromatic heterocycles. The van der Waals surface area contributed by atoms with E-state index in [1.807, 2.05) is 0 Å². The first-order valence-electron chi connectivity index (χ1n) is 8.64. The molecule has 1 aromatic rings. The van der Waals surface area contributed by atoms with E-state index in [9.17, 15) is 9.59 Å². The summed E-state index contributed by atoms with van der Waals surface area (Å²) in [6.45, 7) is 2.76. The summed E-state index contributed by atoms with van der Waals surface area (Å²) in [4.78, 5) is 24.2. The Hall–Kier alpha value is -1.56. The van der Waals surface area contributed by atoms with Crippen molar-refractivity contribution in [2.24, 2.45) is 5.92 Å². The van der Waals surface area contributed by atoms with Crippen molar-refractivity contribution in [3.8, 4) is 5.75 Å². The highest BCUT2D eigenvalue weighted by Crippen LogP contribution is 2.26. The van der Waals surface area contributed by atoms with Crippen molar-refractivity contribution in [1.29, 1.82) is 0 Å². The lowest BCUT2D eigenvalue weighted by Crippen LogP contribution is -2.44. The summed E-state index contributed by atoms with van der Waals surface area (Å²) in [5.74, 6) is 0.299. The summed E-state index contributed by atoms with van der Waals surface area (Å²) < 4.78 is 6.37. The average molecular weight is 397 g/mol. The number of benzene rings is 1. The molecular weight excluding hydrogens is 372 g/mol. The smallest absolute Gasteiger partial charge is 0.269 e. The highest BCUT2D eigenvalue weighted by Gasteiger charge is 2.21. The Bertz CT molecular complexity index is 571. The van der Waals surface area contributed by atoms with Crippen molar-refractivity contribution < 1.29 is 14.3 Å². The van der Waals surface area contributed by atoms with Crippen LogP contribution in [0.25, 0.3) is 0 Å². The Labute approximate surface area is 151 Å². The molecule has 1 aliphatic carbocycles. The van der Waals surface area contributed by atoms with Gasteiger partial charge in [0.15, 0.2) is 0 Å². The number of hydrogen-bond acceptors (Lipinski definition) is 3. The SMILES string of the molecule is CCCCOc1ccc(C(=O)NNC(=O)C2CCCCC2)cc1Br. The fourth-order valence-corrected chi connectivity index (χ4v) is 3.24. The number of hydrogen-bond donors (Lipinski definition) is 2. The van der Waals surface area contributed by atoms with Gasteiger partial charge < -0.3 is 4.74 Å². The summed E-state index contributed by atoms with van der Waals surface area (Å²) >= 11 is 3.42. The van der Waals surface area contributed by atoms with E-state index in [0.29, 0.717) is 17.9 Å². The highest BCUT2D eigenvalue weighted by atomic mass is 79.9. The fraction of sp³-hybridized carbons (Fsp3) is 0.556. The number of carbonyl (C=O) groups excluding carboxylic acids is 2. The largest absolute Gasteiger partial charge is 0.492 e. The van der Waals surface area contributed by atoms with Crippen molar-refractivity contribution in [3.63, 3.8) is 0 Å². The summed E-state index contributed by atoms with van der Waals surface area (Å²) in [5, 5.41) is 0. The molecule has 1 aliphatic rings. The first-order chi connectivity index (χ1) is 11.6. The molecule has 132 valence electrons. The van der Waals surface area contributed by atoms with Crippen molar-refractivity contribution in [2.75, 3.05) is 6.61 Å². The van der Waals surface area contributed by atoms with Gasteiger partial charge in [0.2, 0.25) is 5.91 Å². The molecule has 2 N–H and O–H groups in total. The Balaban J connectivity index is 1.85. The molecule has 0 heterocycles. The number of amides is 2. The molecule has 0 saturated heterocycles. The number of unbranched alkanes of at least 4 members (excludes halogenated alkanes) is 1. The van der Waals surface area contributed by atoms with Crippen molar-refractivity contribution in [3.05, 3.63) is 28.2 Å². The molecular formula is C18H25BrN2O3. The van der Waals surface area contributed by atoms with Crippen LogP contribution in [0.4, 0.5) is 0 Å². The quantitative estimate of drug-likeness (QED) is 0.564. The zero-order valence-corrected chi connectivity index (χ0v) is 15.7. The van der Waals surface area contributed by atoms with Gasteiger partial charge in [-0.1, -0.05) is 32.6 Å². The molecule has 0 radical (unpaired) electrons. The maximum Gasteiger partial charge on any atom is 0.269 e. The molecule has 1 saturated carbocycles. The van der Waals surface area contributed by atoms with Crippen LogP contribution in [0.5, 0.6) is 5.75 Å². The standard InChI is InChI=1S/C18H25BrN2O3/c1-2-3-11-24-16-10-9-14(12-15(16)19)18(23)21-20-17(22)13-7-5-4-6-8-13/h9-10,12-13H,2-8,11H2,1H3,(H,20,22)(H,21,23). The molecule has 0 unspecified atom stereocenters. The van der Waals surface area contributed by atoms with E-state index in [0.717, 1.165) is 43.0 Å². The lowest BCUT2D eigenvalue weighted by molar-refractivity contribution is -0.126. The lowest BCUT2D eigenvalue weighted by atomic mass is 9.89. The van der Waals surface area contributed by atoms with Crippen LogP contribution in [-0.4, -0.2) is 18.4 Å². The van der Waals surface area contributed by atoms with Gasteiger partial charge in [0.05, 0.1) is 11.1 Å². The molecule has 24 heavy (non-hydrogen) atoms. The van der Waals surface area contributed by atoms with Crippen LogP contribution in [0, 0.1) is 5.92 Å². The molecule has 0 aliphatic heterocycles. The Morgan fingerprint density at radius 3 is 2.62 bits per heavy atom. The number of rotatable bonds is 6. The van der Waals surface area contributed by atoms with E-state index < -0.39 is 0 Å². The maximum absolute atomic E-state index is 12.2. The van der Waals surface area contributed by atoms with Crippen LogP contribution >= 0.6 is 15.9 Å². The third-order valence-corrected chi connectivity index (χ3v) is 4.84. The average Bonchev–Trinajstić information content (AvgIpc) is 2.61. The monoisotopic (exact) mass is 396 g/mol. The minimum absolute atomic E-state index is 0.0140. The zero-order chi connectivity index (χ0) is 17.4. The number of nitrogens with one attached hydrogen (secondary N) is 2. The van der Waals surface area contributed by atoms with Gasteiger partial charge in [-0.05, 0) is 53.4 Å². The predicted molar refractivity (Wildman–Crippen MR) is 96.7 cm³/mol. The first-order valence-corrected chi connectivity index (χ1v) is 9.43. The number of ether oxygens (including phenoxy) is 1. The second kappa shape index (κ2) is 9.67. The summed E-state index contributed by atoms with van der Waals surface area (Å²) in [5.41, 5.74) is 5.50. The third kappa shape index (κ3) is 5.51. The summed E-state index contributed by atoms with van der Waals surface area (Å²) in [6, 6.07) is 5.15. The molecule has 2 amide bonds. The van der Waals surface area contributed by atoms with Crippen molar-refractivity contribution >= 4 is 27.7 Å². The summed E-state index contributed by atoms with van der Waals surface area (Å²) in [7, 11) is 0. The van der Waals surface area contributed by atoms with Gasteiger partial charge in [0.25, 0.3) is 5.91 Å². The van der Waals surface area contributed by atoms with Crippen LogP contribution in [0.2, 0.25) is 0 Å². The van der Waals surface area contributed by atoms with E-state index in [-0.39, 0.29) is 17.7 Å². The van der Waals surface area contributed by atoms with E-state index in [1.54, 1.807) is 18.2 Å². The zero-order valence-electron chi connectivity index (χ0n) is 14.1. The minimum atomic E-state index is -0.333. The van der Waals surface area contributed by atoms with Gasteiger partial charge in [-0.2, -0.15) is 0 Å². The van der Waals surface area contributed by atoms with E-state index >= 15 is 0 Å². The number of carbonyl (C=O) groups is 2. The van der Waals surface area contributed by atoms with Crippen molar-refractivity contribution in [1.82, 2.24) is 10.9 Å². The van der Waals surface area contributed by atoms with Crippen LogP contribution in [0.3, 0.4) is 0 Å². The molecule has 0 atom stereocenters. The second-order valence-electron chi connectivity index (χ2n) is 6.13. The minimum Gasteiger partial charge on any atom is -0.492 e. The normalized spacial score (nSPS) is 14.9. The highest BCUT2D eigenvalue weighted by molar-refractivity contribution is 9.10. The Morgan fingerprint density at radius 2 is 1.96 bits per heavy atom. The lowest BCUT2D eigenvalue weighted by Gasteiger charge is -2.20. The van der Waals surface area contributed by atoms with Gasteiger partial charge in [0.1, 0.15) is 5.75 Å². The van der Waals surface area contributed by atoms with E-state index in [2.05, 4.69) is 33.7 Å². The molecule has 5 nitrogen and oxygen atoms in total. The first kappa shape index (κ1) is 18.8. The second-order valence-corrected chi connectivity index (χ2v) is 6.98. The van der Waals surface area contributed by atoms with Gasteiger partial charge >= 0.3 is 0 Å². The molecule has 6 heteroatoms. The van der Waals surface area contributed by atoms with Gasteiger partial charge in [-0.25, -0.2) is 0 Å². The topological polar surface area (TPSA) is 67.4 Å². The van der Waals surface area contributed by atoms with Crippen molar-refractivity contribution in [2.45, 2.75) is 51.9 Å². The molecule has 1 fully saturated rings. The molecule has 0 bridgehead atoms. The number of hydrazine groups is 1. The Kier molecular flexibility index (Phi) is 7.56. The van der Waals surface area contributed by atoms with E-state index in [1.165, 1.54) is 6.42 Å². The van der Waals surface area contributed by atoms with Gasteiger partial charge in [-0.3, -0.25) is 20.4 Å².